The lowest BCUT2D eigenvalue weighted by Crippen LogP contribution is -2.29. The maximum Gasteiger partial charge on any atom is 0.303 e. The number of halogens is 2. The molecule has 0 unspecified atom stereocenters. The highest BCUT2D eigenvalue weighted by atomic mass is 32.2. The van der Waals surface area contributed by atoms with Crippen LogP contribution in [-0.4, -0.2) is 32.7 Å². The lowest BCUT2D eigenvalue weighted by molar-refractivity contribution is -0.137. The number of benzene rings is 2. The molecule has 1 aliphatic rings. The molecule has 1 N–H and O–H groups in total. The predicted molar refractivity (Wildman–Crippen MR) is 118 cm³/mol. The summed E-state index contributed by atoms with van der Waals surface area (Å²) in [5.74, 6) is -2.08. The SMILES string of the molecule is O=C(O)CCCCCN1C(=O)/C(=C/c2cccc(-c3cc(F)ccc3F)c2)SC1=S. The van der Waals surface area contributed by atoms with Gasteiger partial charge >= 0.3 is 5.97 Å². The fourth-order valence-corrected chi connectivity index (χ4v) is 4.39. The molecule has 1 heterocycles. The molecule has 0 radical (unpaired) electrons. The summed E-state index contributed by atoms with van der Waals surface area (Å²) in [6.45, 7) is 0.441. The second-order valence-electron chi connectivity index (χ2n) is 6.79. The first kappa shape index (κ1) is 22.1. The lowest BCUT2D eigenvalue weighted by atomic mass is 10.0. The van der Waals surface area contributed by atoms with Crippen molar-refractivity contribution < 1.29 is 23.5 Å². The molecule has 0 bridgehead atoms. The summed E-state index contributed by atoms with van der Waals surface area (Å²) in [7, 11) is 0. The molecule has 2 aromatic carbocycles. The van der Waals surface area contributed by atoms with Crippen molar-refractivity contribution in [3.05, 3.63) is 64.6 Å². The molecule has 1 aliphatic heterocycles. The molecule has 0 spiro atoms. The van der Waals surface area contributed by atoms with E-state index in [4.69, 9.17) is 17.3 Å². The van der Waals surface area contributed by atoms with Gasteiger partial charge in [-0.05, 0) is 54.3 Å². The van der Waals surface area contributed by atoms with E-state index in [1.54, 1.807) is 30.3 Å². The van der Waals surface area contributed by atoms with Gasteiger partial charge in [0, 0.05) is 18.5 Å². The number of nitrogens with zero attached hydrogens (tertiary/aromatic N) is 1. The van der Waals surface area contributed by atoms with Crippen molar-refractivity contribution in [3.8, 4) is 11.1 Å². The summed E-state index contributed by atoms with van der Waals surface area (Å²) in [6.07, 6.45) is 3.72. The van der Waals surface area contributed by atoms with Gasteiger partial charge < -0.3 is 5.11 Å². The first-order valence-corrected chi connectivity index (χ1v) is 10.6. The Labute approximate surface area is 182 Å². The van der Waals surface area contributed by atoms with E-state index >= 15 is 0 Å². The minimum atomic E-state index is -0.830. The van der Waals surface area contributed by atoms with Crippen LogP contribution in [0.15, 0.2) is 47.4 Å². The molecule has 2 aromatic rings. The monoisotopic (exact) mass is 447 g/mol. The maximum atomic E-state index is 14.1. The average Bonchev–Trinajstić information content (AvgIpc) is 2.96. The maximum absolute atomic E-state index is 14.1. The third-order valence-corrected chi connectivity index (χ3v) is 5.95. The van der Waals surface area contributed by atoms with E-state index in [0.717, 1.165) is 18.2 Å². The number of aliphatic carboxylic acids is 1. The summed E-state index contributed by atoms with van der Waals surface area (Å²) in [4.78, 5) is 25.2. The van der Waals surface area contributed by atoms with Gasteiger partial charge in [-0.15, -0.1) is 0 Å². The van der Waals surface area contributed by atoms with Crippen molar-refractivity contribution in [3.63, 3.8) is 0 Å². The van der Waals surface area contributed by atoms with Gasteiger partial charge in [0.05, 0.1) is 4.91 Å². The highest BCUT2D eigenvalue weighted by Gasteiger charge is 2.31. The van der Waals surface area contributed by atoms with E-state index < -0.39 is 17.6 Å². The third-order valence-electron chi connectivity index (χ3n) is 4.57. The van der Waals surface area contributed by atoms with Gasteiger partial charge in [0.1, 0.15) is 16.0 Å². The normalized spacial score (nSPS) is 15.3. The number of carbonyl (C=O) groups excluding carboxylic acids is 1. The molecule has 0 aliphatic carbocycles. The number of thiocarbonyl (C=S) groups is 1. The van der Waals surface area contributed by atoms with E-state index in [1.165, 1.54) is 16.7 Å². The quantitative estimate of drug-likeness (QED) is 0.330. The second-order valence-corrected chi connectivity index (χ2v) is 8.46. The van der Waals surface area contributed by atoms with Gasteiger partial charge in [0.15, 0.2) is 0 Å². The van der Waals surface area contributed by atoms with Crippen LogP contribution in [0.4, 0.5) is 8.78 Å². The standard InChI is InChI=1S/C22H19F2NO3S2/c23-16-8-9-18(24)17(13-16)15-6-4-5-14(11-15)12-19-21(28)25(22(29)30-19)10-3-1-2-7-20(26)27/h4-6,8-9,11-13H,1-3,7,10H2,(H,26,27)/b19-12-. The summed E-state index contributed by atoms with van der Waals surface area (Å²) in [5, 5.41) is 8.67. The topological polar surface area (TPSA) is 57.6 Å². The average molecular weight is 448 g/mol. The number of hydrogen-bond acceptors (Lipinski definition) is 4. The van der Waals surface area contributed by atoms with Crippen molar-refractivity contribution in [2.24, 2.45) is 0 Å². The second kappa shape index (κ2) is 9.95. The molecule has 1 saturated heterocycles. The lowest BCUT2D eigenvalue weighted by Gasteiger charge is -2.13. The number of carboxylic acids is 1. The summed E-state index contributed by atoms with van der Waals surface area (Å²) in [5.41, 5.74) is 1.34. The zero-order valence-corrected chi connectivity index (χ0v) is 17.6. The number of amides is 1. The number of carbonyl (C=O) groups is 2. The molecule has 0 aromatic heterocycles. The molecule has 4 nitrogen and oxygen atoms in total. The Morgan fingerprint density at radius 1 is 1.13 bits per heavy atom. The molecular formula is C22H19F2NO3S2. The zero-order valence-electron chi connectivity index (χ0n) is 15.9. The fraction of sp³-hybridized carbons (Fsp3) is 0.227. The Bertz CT molecular complexity index is 1020. The van der Waals surface area contributed by atoms with Crippen LogP contribution >= 0.6 is 24.0 Å². The molecule has 156 valence electrons. The smallest absolute Gasteiger partial charge is 0.303 e. The molecule has 1 amide bonds. The van der Waals surface area contributed by atoms with Crippen LogP contribution in [0, 0.1) is 11.6 Å². The fourth-order valence-electron chi connectivity index (χ4n) is 3.08. The Morgan fingerprint density at radius 2 is 1.93 bits per heavy atom. The van der Waals surface area contributed by atoms with Crippen molar-refractivity contribution >= 4 is 46.3 Å². The van der Waals surface area contributed by atoms with Crippen molar-refractivity contribution in [2.45, 2.75) is 25.7 Å². The molecule has 1 fully saturated rings. The summed E-state index contributed by atoms with van der Waals surface area (Å²) >= 11 is 6.50. The third kappa shape index (κ3) is 5.52. The minimum Gasteiger partial charge on any atom is -0.481 e. The van der Waals surface area contributed by atoms with Gasteiger partial charge in [-0.2, -0.15) is 0 Å². The molecule has 30 heavy (non-hydrogen) atoms. The summed E-state index contributed by atoms with van der Waals surface area (Å²) < 4.78 is 28.0. The number of carboxylic acid groups (broad SMARTS) is 1. The van der Waals surface area contributed by atoms with Gasteiger partial charge in [0.25, 0.3) is 5.91 Å². The Balaban J connectivity index is 1.71. The van der Waals surface area contributed by atoms with Gasteiger partial charge in [0.2, 0.25) is 0 Å². The minimum absolute atomic E-state index is 0.112. The number of thioether (sulfide) groups is 1. The van der Waals surface area contributed by atoms with Crippen LogP contribution in [0.25, 0.3) is 17.2 Å². The molecule has 0 atom stereocenters. The largest absolute Gasteiger partial charge is 0.481 e. The summed E-state index contributed by atoms with van der Waals surface area (Å²) in [6, 6.07) is 10.1. The van der Waals surface area contributed by atoms with Crippen molar-refractivity contribution in [1.82, 2.24) is 4.90 Å². The predicted octanol–water partition coefficient (Wildman–Crippen LogP) is 5.48. The van der Waals surface area contributed by atoms with Crippen LogP contribution in [0.3, 0.4) is 0 Å². The first-order chi connectivity index (χ1) is 14.3. The van der Waals surface area contributed by atoms with Crippen LogP contribution < -0.4 is 0 Å². The Morgan fingerprint density at radius 3 is 2.70 bits per heavy atom. The van der Waals surface area contributed by atoms with Crippen LogP contribution in [0.1, 0.15) is 31.2 Å². The number of unbranched alkanes of at least 4 members (excludes halogenated alkanes) is 2. The molecule has 3 rings (SSSR count). The number of hydrogen-bond donors (Lipinski definition) is 1. The van der Waals surface area contributed by atoms with Crippen molar-refractivity contribution in [1.29, 1.82) is 0 Å². The van der Waals surface area contributed by atoms with Crippen LogP contribution in [-0.2, 0) is 9.59 Å². The highest BCUT2D eigenvalue weighted by molar-refractivity contribution is 8.26. The number of rotatable bonds is 8. The Hall–Kier alpha value is -2.58. The van der Waals surface area contributed by atoms with Gasteiger partial charge in [-0.3, -0.25) is 14.5 Å². The molecular weight excluding hydrogens is 428 g/mol. The zero-order chi connectivity index (χ0) is 21.7. The van der Waals surface area contributed by atoms with Gasteiger partial charge in [-0.1, -0.05) is 48.6 Å². The van der Waals surface area contributed by atoms with E-state index in [0.29, 0.717) is 46.2 Å². The van der Waals surface area contributed by atoms with E-state index in [-0.39, 0.29) is 17.9 Å². The molecule has 8 heteroatoms. The first-order valence-electron chi connectivity index (χ1n) is 9.38. The highest BCUT2D eigenvalue weighted by Crippen LogP contribution is 2.33. The van der Waals surface area contributed by atoms with Crippen LogP contribution in [0.5, 0.6) is 0 Å². The van der Waals surface area contributed by atoms with Gasteiger partial charge in [-0.25, -0.2) is 8.78 Å². The van der Waals surface area contributed by atoms with E-state index in [2.05, 4.69) is 0 Å². The van der Waals surface area contributed by atoms with E-state index in [1.807, 2.05) is 0 Å². The molecule has 0 saturated carbocycles. The van der Waals surface area contributed by atoms with Crippen molar-refractivity contribution in [2.75, 3.05) is 6.54 Å². The Kier molecular flexibility index (Phi) is 7.33. The van der Waals surface area contributed by atoms with E-state index in [9.17, 15) is 18.4 Å². The van der Waals surface area contributed by atoms with Crippen LogP contribution in [0.2, 0.25) is 0 Å².